The summed E-state index contributed by atoms with van der Waals surface area (Å²) in [6.07, 6.45) is 0. The molecule has 0 heterocycles. The first kappa shape index (κ1) is 15.2. The van der Waals surface area contributed by atoms with Gasteiger partial charge in [0.1, 0.15) is 0 Å². The van der Waals surface area contributed by atoms with Gasteiger partial charge in [-0.1, -0.05) is 42.5 Å². The van der Waals surface area contributed by atoms with Gasteiger partial charge in [-0.15, -0.1) is 0 Å². The van der Waals surface area contributed by atoms with Gasteiger partial charge >= 0.3 is 0 Å². The van der Waals surface area contributed by atoms with E-state index in [2.05, 4.69) is 53.8 Å². The number of benzene rings is 3. The molecule has 0 atom stereocenters. The van der Waals surface area contributed by atoms with E-state index in [0.29, 0.717) is 6.61 Å². The number of hydrogen-bond acceptors (Lipinski definition) is 3. The first-order chi connectivity index (χ1) is 11.3. The quantitative estimate of drug-likeness (QED) is 0.705. The second kappa shape index (κ2) is 7.05. The molecule has 0 saturated heterocycles. The Balaban J connectivity index is 1.80. The molecule has 3 heteroatoms. The van der Waals surface area contributed by atoms with Gasteiger partial charge in [0, 0.05) is 17.6 Å². The fourth-order valence-corrected chi connectivity index (χ4v) is 2.67. The van der Waals surface area contributed by atoms with Crippen LogP contribution in [0.2, 0.25) is 0 Å². The molecule has 0 amide bonds. The summed E-state index contributed by atoms with van der Waals surface area (Å²) in [4.78, 5) is 0. The molecule has 23 heavy (non-hydrogen) atoms. The van der Waals surface area contributed by atoms with E-state index >= 15 is 0 Å². The fourth-order valence-electron chi connectivity index (χ4n) is 2.67. The number of anilines is 1. The molecule has 0 aliphatic rings. The molecular formula is C20H21NO2. The van der Waals surface area contributed by atoms with E-state index in [1.807, 2.05) is 19.1 Å². The zero-order valence-corrected chi connectivity index (χ0v) is 13.5. The Morgan fingerprint density at radius 3 is 2.57 bits per heavy atom. The standard InChI is InChI=1S/C20H21NO2/c1-3-23-19-12-11-15(13-20(19)22-2)14-21-18-10-6-8-16-7-4-5-9-17(16)18/h4-13,21H,3,14H2,1-2H3. The van der Waals surface area contributed by atoms with Crippen LogP contribution in [0.15, 0.2) is 60.7 Å². The molecule has 3 nitrogen and oxygen atoms in total. The van der Waals surface area contributed by atoms with Crippen molar-refractivity contribution in [2.24, 2.45) is 0 Å². The van der Waals surface area contributed by atoms with Gasteiger partial charge in [0.05, 0.1) is 13.7 Å². The van der Waals surface area contributed by atoms with E-state index in [4.69, 9.17) is 9.47 Å². The minimum atomic E-state index is 0.629. The van der Waals surface area contributed by atoms with Crippen molar-refractivity contribution in [3.8, 4) is 11.5 Å². The highest BCUT2D eigenvalue weighted by molar-refractivity contribution is 5.93. The number of ether oxygens (including phenoxy) is 2. The van der Waals surface area contributed by atoms with Crippen molar-refractivity contribution in [1.29, 1.82) is 0 Å². The average Bonchev–Trinajstić information content (AvgIpc) is 2.61. The van der Waals surface area contributed by atoms with Crippen molar-refractivity contribution in [3.05, 3.63) is 66.2 Å². The van der Waals surface area contributed by atoms with Crippen LogP contribution in [0, 0.1) is 0 Å². The van der Waals surface area contributed by atoms with E-state index in [0.717, 1.165) is 29.3 Å². The fraction of sp³-hybridized carbons (Fsp3) is 0.200. The maximum absolute atomic E-state index is 5.56. The molecule has 0 bridgehead atoms. The number of methoxy groups -OCH3 is 1. The van der Waals surface area contributed by atoms with Crippen LogP contribution in [0.1, 0.15) is 12.5 Å². The monoisotopic (exact) mass is 307 g/mol. The maximum atomic E-state index is 5.56. The van der Waals surface area contributed by atoms with Crippen molar-refractivity contribution in [1.82, 2.24) is 0 Å². The lowest BCUT2D eigenvalue weighted by Gasteiger charge is -2.13. The lowest BCUT2D eigenvalue weighted by atomic mass is 10.1. The maximum Gasteiger partial charge on any atom is 0.161 e. The van der Waals surface area contributed by atoms with Crippen molar-refractivity contribution in [3.63, 3.8) is 0 Å². The van der Waals surface area contributed by atoms with Crippen molar-refractivity contribution in [2.45, 2.75) is 13.5 Å². The highest BCUT2D eigenvalue weighted by Gasteiger charge is 2.06. The summed E-state index contributed by atoms with van der Waals surface area (Å²) < 4.78 is 11.0. The third-order valence-electron chi connectivity index (χ3n) is 3.80. The highest BCUT2D eigenvalue weighted by Crippen LogP contribution is 2.29. The Morgan fingerprint density at radius 2 is 1.74 bits per heavy atom. The van der Waals surface area contributed by atoms with Gasteiger partial charge in [0.25, 0.3) is 0 Å². The first-order valence-corrected chi connectivity index (χ1v) is 7.83. The molecular weight excluding hydrogens is 286 g/mol. The molecule has 1 N–H and O–H groups in total. The van der Waals surface area contributed by atoms with E-state index in [1.165, 1.54) is 10.8 Å². The largest absolute Gasteiger partial charge is 0.493 e. The molecule has 0 unspecified atom stereocenters. The zero-order valence-electron chi connectivity index (χ0n) is 13.5. The lowest BCUT2D eigenvalue weighted by molar-refractivity contribution is 0.310. The predicted molar refractivity (Wildman–Crippen MR) is 95.4 cm³/mol. The number of nitrogens with one attached hydrogen (secondary N) is 1. The van der Waals surface area contributed by atoms with Crippen LogP contribution < -0.4 is 14.8 Å². The van der Waals surface area contributed by atoms with Gasteiger partial charge in [-0.25, -0.2) is 0 Å². The minimum absolute atomic E-state index is 0.629. The third-order valence-corrected chi connectivity index (χ3v) is 3.80. The Bertz CT molecular complexity index is 793. The number of rotatable bonds is 6. The van der Waals surface area contributed by atoms with Crippen LogP contribution in [0.25, 0.3) is 10.8 Å². The predicted octanol–water partition coefficient (Wildman–Crippen LogP) is 4.86. The Morgan fingerprint density at radius 1 is 0.913 bits per heavy atom. The molecule has 3 rings (SSSR count). The summed E-state index contributed by atoms with van der Waals surface area (Å²) in [5, 5.41) is 5.98. The van der Waals surface area contributed by atoms with Crippen LogP contribution in [0.4, 0.5) is 5.69 Å². The van der Waals surface area contributed by atoms with E-state index < -0.39 is 0 Å². The molecule has 0 aromatic heterocycles. The minimum Gasteiger partial charge on any atom is -0.493 e. The van der Waals surface area contributed by atoms with Crippen LogP contribution in [0.5, 0.6) is 11.5 Å². The Kier molecular flexibility index (Phi) is 4.67. The summed E-state index contributed by atoms with van der Waals surface area (Å²) in [5.41, 5.74) is 2.29. The van der Waals surface area contributed by atoms with E-state index in [-0.39, 0.29) is 0 Å². The van der Waals surface area contributed by atoms with Crippen LogP contribution >= 0.6 is 0 Å². The molecule has 0 aliphatic carbocycles. The van der Waals surface area contributed by atoms with Gasteiger partial charge in [0.15, 0.2) is 11.5 Å². The highest BCUT2D eigenvalue weighted by atomic mass is 16.5. The summed E-state index contributed by atoms with van der Waals surface area (Å²) in [6, 6.07) is 20.7. The molecule has 0 radical (unpaired) electrons. The topological polar surface area (TPSA) is 30.5 Å². The van der Waals surface area contributed by atoms with E-state index in [9.17, 15) is 0 Å². The van der Waals surface area contributed by atoms with Gasteiger partial charge in [-0.2, -0.15) is 0 Å². The molecule has 3 aromatic rings. The van der Waals surface area contributed by atoms with Crippen LogP contribution in [-0.2, 0) is 6.54 Å². The van der Waals surface area contributed by atoms with Crippen molar-refractivity contribution in [2.75, 3.05) is 19.0 Å². The second-order valence-corrected chi connectivity index (χ2v) is 5.30. The third kappa shape index (κ3) is 3.39. The molecule has 0 spiro atoms. The summed E-state index contributed by atoms with van der Waals surface area (Å²) in [7, 11) is 1.67. The smallest absolute Gasteiger partial charge is 0.161 e. The normalized spacial score (nSPS) is 10.5. The van der Waals surface area contributed by atoms with Crippen LogP contribution in [0.3, 0.4) is 0 Å². The van der Waals surface area contributed by atoms with Crippen molar-refractivity contribution < 1.29 is 9.47 Å². The Labute approximate surface area is 136 Å². The molecule has 0 saturated carbocycles. The molecule has 3 aromatic carbocycles. The zero-order chi connectivity index (χ0) is 16.1. The average molecular weight is 307 g/mol. The van der Waals surface area contributed by atoms with Gasteiger partial charge < -0.3 is 14.8 Å². The molecule has 0 fully saturated rings. The van der Waals surface area contributed by atoms with Crippen molar-refractivity contribution >= 4 is 16.5 Å². The lowest BCUT2D eigenvalue weighted by Crippen LogP contribution is -2.01. The van der Waals surface area contributed by atoms with Gasteiger partial charge in [0.2, 0.25) is 0 Å². The number of fused-ring (bicyclic) bond motifs is 1. The Hall–Kier alpha value is -2.68. The number of hydrogen-bond donors (Lipinski definition) is 1. The van der Waals surface area contributed by atoms with Gasteiger partial charge in [-0.05, 0) is 36.1 Å². The second-order valence-electron chi connectivity index (χ2n) is 5.30. The first-order valence-electron chi connectivity index (χ1n) is 7.83. The van der Waals surface area contributed by atoms with Gasteiger partial charge in [-0.3, -0.25) is 0 Å². The van der Waals surface area contributed by atoms with Crippen LogP contribution in [-0.4, -0.2) is 13.7 Å². The SMILES string of the molecule is CCOc1ccc(CNc2cccc3ccccc23)cc1OC. The summed E-state index contributed by atoms with van der Waals surface area (Å²) in [5.74, 6) is 1.55. The molecule has 0 aliphatic heterocycles. The summed E-state index contributed by atoms with van der Waals surface area (Å²) >= 11 is 0. The summed E-state index contributed by atoms with van der Waals surface area (Å²) in [6.45, 7) is 3.33. The van der Waals surface area contributed by atoms with E-state index in [1.54, 1.807) is 7.11 Å². The molecule has 118 valence electrons.